The Balaban J connectivity index is 2.28. The second kappa shape index (κ2) is 2.97. The summed E-state index contributed by atoms with van der Waals surface area (Å²) < 4.78 is 3.41. The second-order valence-corrected chi connectivity index (χ2v) is 20.8. The third-order valence-electron chi connectivity index (χ3n) is 1.45. The minimum absolute atomic E-state index is 0.343. The van der Waals surface area contributed by atoms with Crippen LogP contribution in [0.3, 0.4) is 0 Å². The molecule has 1 aromatic carbocycles. The van der Waals surface area contributed by atoms with Gasteiger partial charge in [-0.05, 0) is 0 Å². The van der Waals surface area contributed by atoms with Gasteiger partial charge in [0.15, 0.2) is 0 Å². The van der Waals surface area contributed by atoms with Gasteiger partial charge in [-0.1, -0.05) is 0 Å². The molecule has 0 bridgehead atoms. The third kappa shape index (κ3) is 1.64. The fraction of sp³-hybridized carbons (Fsp3) is 0.250. The van der Waals surface area contributed by atoms with Crippen LogP contribution in [0.1, 0.15) is 5.56 Å². The van der Waals surface area contributed by atoms with Crippen molar-refractivity contribution in [1.82, 2.24) is 0 Å². The Morgan fingerprint density at radius 1 is 1.30 bits per heavy atom. The Bertz CT molecular complexity index is 224. The zero-order valence-electron chi connectivity index (χ0n) is 5.77. The van der Waals surface area contributed by atoms with Crippen LogP contribution in [0.2, 0.25) is 0 Å². The molecule has 1 aliphatic rings. The van der Waals surface area contributed by atoms with E-state index in [4.69, 9.17) is 0 Å². The summed E-state index contributed by atoms with van der Waals surface area (Å²) in [5.74, 6) is 0. The minimum atomic E-state index is -0.343. The number of rotatable bonds is 1. The van der Waals surface area contributed by atoms with Gasteiger partial charge in [-0.3, -0.25) is 0 Å². The normalized spacial score (nSPS) is 19.9. The van der Waals surface area contributed by atoms with E-state index in [0.29, 0.717) is 0 Å². The first-order valence-corrected chi connectivity index (χ1v) is 13.6. The number of hydrogen-bond donors (Lipinski definition) is 0. The van der Waals surface area contributed by atoms with Gasteiger partial charge in [0.25, 0.3) is 0 Å². The van der Waals surface area contributed by atoms with Gasteiger partial charge in [0.05, 0.1) is 0 Å². The summed E-state index contributed by atoms with van der Waals surface area (Å²) >= 11 is 0.399. The van der Waals surface area contributed by atoms with Gasteiger partial charge in [0, 0.05) is 0 Å². The molecule has 2 rings (SSSR count). The number of aryl methyl sites for hydroxylation is 1. The van der Waals surface area contributed by atoms with Crippen molar-refractivity contribution in [2.45, 2.75) is 6.92 Å². The molecule has 0 nitrogen and oxygen atoms in total. The van der Waals surface area contributed by atoms with Gasteiger partial charge in [0.1, 0.15) is 0 Å². The van der Waals surface area contributed by atoms with Crippen LogP contribution >= 0.6 is 15.8 Å². The maximum absolute atomic E-state index is 2.35. The molecule has 1 saturated heterocycles. The topological polar surface area (TPSA) is 0 Å². The Morgan fingerprint density at radius 2 is 1.90 bits per heavy atom. The van der Waals surface area contributed by atoms with Crippen molar-refractivity contribution < 1.29 is 17.2 Å². The summed E-state index contributed by atoms with van der Waals surface area (Å²) in [4.78, 5) is 0. The summed E-state index contributed by atoms with van der Waals surface area (Å²) in [5, 5.41) is 0. The Labute approximate surface area is 75.1 Å². The first-order valence-electron chi connectivity index (χ1n) is 3.19. The van der Waals surface area contributed by atoms with E-state index < -0.39 is 0 Å². The zero-order valence-corrected chi connectivity index (χ0v) is 10.1. The summed E-state index contributed by atoms with van der Waals surface area (Å²) in [6.45, 7) is 2.16. The molecule has 10 heavy (non-hydrogen) atoms. The van der Waals surface area contributed by atoms with Crippen molar-refractivity contribution in [3.05, 3.63) is 33.4 Å². The van der Waals surface area contributed by atoms with Crippen LogP contribution in [0, 0.1) is 10.5 Å². The van der Waals surface area contributed by atoms with Gasteiger partial charge < -0.3 is 0 Å². The molecule has 1 heterocycles. The number of benzene rings is 1. The zero-order chi connectivity index (χ0) is 6.97. The summed E-state index contributed by atoms with van der Waals surface area (Å²) in [5.41, 5.74) is 1.40. The number of alkyl halides is 2. The first kappa shape index (κ1) is 7.34. The van der Waals surface area contributed by atoms with Crippen LogP contribution in [-0.4, -0.2) is 2.43 Å². The summed E-state index contributed by atoms with van der Waals surface area (Å²) in [6, 6.07) is 9.23. The van der Waals surface area contributed by atoms with Crippen molar-refractivity contribution in [2.75, 3.05) is 2.43 Å². The predicted octanol–water partition coefficient (Wildman–Crippen LogP) is -0.354. The molecule has 0 aromatic heterocycles. The average molecular weight is 359 g/mol. The van der Waals surface area contributed by atoms with Crippen LogP contribution in [-0.2, 0) is 0 Å². The van der Waals surface area contributed by atoms with Crippen LogP contribution in [0.5, 0.6) is 0 Å². The molecule has 1 fully saturated rings. The van der Waals surface area contributed by atoms with Gasteiger partial charge >= 0.3 is 75.8 Å². The molecule has 2 heteroatoms. The molecule has 0 amide bonds. The van der Waals surface area contributed by atoms with Crippen molar-refractivity contribution >= 4 is 15.8 Å². The molecular weight excluding hydrogens is 350 g/mol. The van der Waals surface area contributed by atoms with Crippen molar-refractivity contribution in [3.8, 4) is 0 Å². The first-order chi connectivity index (χ1) is 4.86. The van der Waals surface area contributed by atoms with E-state index >= 15 is 0 Å². The average Bonchev–Trinajstić information content (AvgIpc) is 2.71. The predicted molar refractivity (Wildman–Crippen MR) is 48.8 cm³/mol. The molecule has 0 saturated carbocycles. The molecule has 1 aromatic rings. The van der Waals surface area contributed by atoms with E-state index in [2.05, 4.69) is 31.2 Å². The molecule has 0 N–H and O–H groups in total. The van der Waals surface area contributed by atoms with Gasteiger partial charge in [-0.2, -0.15) is 0 Å². The molecule has 0 spiro atoms. The molecule has 0 atom stereocenters. The quantitative estimate of drug-likeness (QED) is 0.475. The monoisotopic (exact) mass is 359 g/mol. The van der Waals surface area contributed by atoms with Gasteiger partial charge in [0.2, 0.25) is 0 Å². The Kier molecular flexibility index (Phi) is 2.18. The van der Waals surface area contributed by atoms with Crippen molar-refractivity contribution in [2.24, 2.45) is 0 Å². The third-order valence-corrected chi connectivity index (χ3v) is 15.6. The van der Waals surface area contributed by atoms with Crippen molar-refractivity contribution in [3.63, 3.8) is 0 Å². The van der Waals surface area contributed by atoms with Gasteiger partial charge in [-0.15, -0.1) is 0 Å². The fourth-order valence-electron chi connectivity index (χ4n) is 0.806. The molecule has 56 valence electrons. The van der Waals surface area contributed by atoms with E-state index in [1.807, 2.05) is 0 Å². The second-order valence-electron chi connectivity index (χ2n) is 2.30. The summed E-state index contributed by atoms with van der Waals surface area (Å²) in [7, 11) is 0. The molecule has 0 unspecified atom stereocenters. The van der Waals surface area contributed by atoms with E-state index in [1.165, 1.54) is 5.56 Å². The number of hydrogen-bond acceptors (Lipinski definition) is 0. The van der Waals surface area contributed by atoms with Crippen molar-refractivity contribution in [1.29, 1.82) is 0 Å². The standard InChI is InChI=1S/C8H9I2/c1-7-2-4-8(5-3-7)10-6-9-10/h2-5H,6H2,1H3/q-1. The summed E-state index contributed by atoms with van der Waals surface area (Å²) in [6.07, 6.45) is 0. The molecule has 0 aliphatic carbocycles. The molecule has 1 aliphatic heterocycles. The van der Waals surface area contributed by atoms with Gasteiger partial charge in [-0.25, -0.2) is 0 Å². The van der Waals surface area contributed by atoms with E-state index in [0.717, 1.165) is 17.2 Å². The molecular formula is C8H9I2-. The Morgan fingerprint density at radius 3 is 2.40 bits per heavy atom. The molecule has 0 radical (unpaired) electrons. The van der Waals surface area contributed by atoms with Crippen LogP contribution in [0.4, 0.5) is 0 Å². The van der Waals surface area contributed by atoms with Crippen LogP contribution in [0.15, 0.2) is 24.3 Å². The SMILES string of the molecule is Cc1ccc(I2C[I-]2)cc1. The fourth-order valence-corrected chi connectivity index (χ4v) is 14.6. The van der Waals surface area contributed by atoms with Crippen LogP contribution in [0.25, 0.3) is 0 Å². The van der Waals surface area contributed by atoms with E-state index in [-0.39, 0.29) is 15.8 Å². The van der Waals surface area contributed by atoms with E-state index in [9.17, 15) is 0 Å². The number of halogens is 2. The van der Waals surface area contributed by atoms with E-state index in [1.54, 1.807) is 6.00 Å². The Hall–Kier alpha value is 0.680. The van der Waals surface area contributed by atoms with Crippen LogP contribution < -0.4 is 17.2 Å². The maximum atomic E-state index is 2.35.